The smallest absolute Gasteiger partial charge is 0.240 e. The van der Waals surface area contributed by atoms with Gasteiger partial charge in [-0.3, -0.25) is 4.79 Å². The maximum Gasteiger partial charge on any atom is 0.240 e. The van der Waals surface area contributed by atoms with Gasteiger partial charge in [-0.15, -0.1) is 0 Å². The average Bonchev–Trinajstić information content (AvgIpc) is 3.15. The average molecular weight is 394 g/mol. The molecule has 0 unspecified atom stereocenters. The third kappa shape index (κ3) is 4.68. The lowest BCUT2D eigenvalue weighted by atomic mass is 10.2. The van der Waals surface area contributed by atoms with Crippen molar-refractivity contribution in [1.82, 2.24) is 14.9 Å². The van der Waals surface area contributed by atoms with Crippen LogP contribution >= 0.6 is 0 Å². The summed E-state index contributed by atoms with van der Waals surface area (Å²) in [5, 5.41) is 4.01. The molecule has 0 bridgehead atoms. The second-order valence-corrected chi connectivity index (χ2v) is 6.98. The highest BCUT2D eigenvalue weighted by Gasteiger charge is 2.14. The first-order valence-corrected chi connectivity index (χ1v) is 10.00. The van der Waals surface area contributed by atoms with Crippen molar-refractivity contribution in [2.75, 3.05) is 37.8 Å². The molecule has 1 aliphatic rings. The number of carbonyl (C=O) groups is 1. The Kier molecular flexibility index (Phi) is 5.95. The molecular weight excluding hydrogens is 368 g/mol. The van der Waals surface area contributed by atoms with Crippen molar-refractivity contribution in [2.45, 2.75) is 20.0 Å². The lowest BCUT2D eigenvalue weighted by Crippen LogP contribution is -2.36. The number of rotatable bonds is 7. The van der Waals surface area contributed by atoms with E-state index in [1.54, 1.807) is 0 Å². The molecule has 152 valence electrons. The standard InChI is InChI=1S/C22H26N4O3/c1-2-29-19-5-3-4-17(14-19)15-23-21(27)16-26-9-8-18-6-7-20(24-22(18)26)25-10-12-28-13-11-25/h3-9,14H,2,10-13,15-16H2,1H3,(H,23,27). The Morgan fingerprint density at radius 3 is 2.90 bits per heavy atom. The molecule has 1 saturated heterocycles. The first kappa shape index (κ1) is 19.3. The number of hydrogen-bond donors (Lipinski definition) is 1. The molecule has 1 N–H and O–H groups in total. The summed E-state index contributed by atoms with van der Waals surface area (Å²) in [7, 11) is 0. The zero-order chi connectivity index (χ0) is 20.1. The van der Waals surface area contributed by atoms with E-state index in [1.165, 1.54) is 0 Å². The number of carbonyl (C=O) groups excluding carboxylic acids is 1. The van der Waals surface area contributed by atoms with Gasteiger partial charge >= 0.3 is 0 Å². The minimum atomic E-state index is -0.0529. The number of amides is 1. The largest absolute Gasteiger partial charge is 0.494 e. The quantitative estimate of drug-likeness (QED) is 0.667. The van der Waals surface area contributed by atoms with E-state index in [1.807, 2.05) is 54.1 Å². The fourth-order valence-corrected chi connectivity index (χ4v) is 3.47. The van der Waals surface area contributed by atoms with Gasteiger partial charge in [0.1, 0.15) is 23.8 Å². The molecule has 0 radical (unpaired) electrons. The highest BCUT2D eigenvalue weighted by atomic mass is 16.5. The maximum absolute atomic E-state index is 12.5. The number of anilines is 1. The summed E-state index contributed by atoms with van der Waals surface area (Å²) in [6, 6.07) is 13.9. The van der Waals surface area contributed by atoms with Gasteiger partial charge in [-0.2, -0.15) is 0 Å². The lowest BCUT2D eigenvalue weighted by molar-refractivity contribution is -0.121. The van der Waals surface area contributed by atoms with Crippen LogP contribution in [0.1, 0.15) is 12.5 Å². The summed E-state index contributed by atoms with van der Waals surface area (Å²) >= 11 is 0. The number of benzene rings is 1. The van der Waals surface area contributed by atoms with E-state index in [2.05, 4.69) is 16.3 Å². The Morgan fingerprint density at radius 2 is 2.07 bits per heavy atom. The molecule has 0 atom stereocenters. The van der Waals surface area contributed by atoms with Crippen molar-refractivity contribution in [1.29, 1.82) is 0 Å². The maximum atomic E-state index is 12.5. The molecule has 3 heterocycles. The predicted molar refractivity (Wildman–Crippen MR) is 112 cm³/mol. The zero-order valence-electron chi connectivity index (χ0n) is 16.6. The summed E-state index contributed by atoms with van der Waals surface area (Å²) < 4.78 is 12.8. The Hall–Kier alpha value is -3.06. The molecule has 3 aromatic rings. The van der Waals surface area contributed by atoms with Gasteiger partial charge < -0.3 is 24.3 Å². The van der Waals surface area contributed by atoms with Gasteiger partial charge in [0, 0.05) is 31.2 Å². The van der Waals surface area contributed by atoms with Crippen LogP contribution < -0.4 is 15.0 Å². The van der Waals surface area contributed by atoms with Crippen LogP contribution in [0.3, 0.4) is 0 Å². The van der Waals surface area contributed by atoms with Crippen molar-refractivity contribution in [3.63, 3.8) is 0 Å². The van der Waals surface area contributed by atoms with Crippen LogP contribution in [0, 0.1) is 0 Å². The second-order valence-electron chi connectivity index (χ2n) is 6.98. The van der Waals surface area contributed by atoms with E-state index < -0.39 is 0 Å². The van der Waals surface area contributed by atoms with Gasteiger partial charge in [-0.05, 0) is 42.8 Å². The molecule has 29 heavy (non-hydrogen) atoms. The first-order valence-electron chi connectivity index (χ1n) is 10.00. The van der Waals surface area contributed by atoms with Crippen molar-refractivity contribution < 1.29 is 14.3 Å². The predicted octanol–water partition coefficient (Wildman–Crippen LogP) is 2.59. The number of fused-ring (bicyclic) bond motifs is 1. The number of pyridine rings is 1. The van der Waals surface area contributed by atoms with Gasteiger partial charge in [0.05, 0.1) is 19.8 Å². The van der Waals surface area contributed by atoms with Crippen LogP contribution in [0.5, 0.6) is 5.75 Å². The highest BCUT2D eigenvalue weighted by Crippen LogP contribution is 2.20. The fraction of sp³-hybridized carbons (Fsp3) is 0.364. The fourth-order valence-electron chi connectivity index (χ4n) is 3.47. The molecule has 1 aromatic carbocycles. The third-order valence-electron chi connectivity index (χ3n) is 4.94. The monoisotopic (exact) mass is 394 g/mol. The summed E-state index contributed by atoms with van der Waals surface area (Å²) in [6.45, 7) is 6.37. The minimum Gasteiger partial charge on any atom is -0.494 e. The van der Waals surface area contributed by atoms with Crippen LogP contribution in [-0.2, 0) is 22.6 Å². The number of nitrogens with zero attached hydrogens (tertiary/aromatic N) is 3. The highest BCUT2D eigenvalue weighted by molar-refractivity contribution is 5.82. The van der Waals surface area contributed by atoms with E-state index in [9.17, 15) is 4.79 Å². The van der Waals surface area contributed by atoms with Gasteiger partial charge in [0.25, 0.3) is 0 Å². The molecular formula is C22H26N4O3. The van der Waals surface area contributed by atoms with Crippen molar-refractivity contribution in [3.8, 4) is 5.75 Å². The van der Waals surface area contributed by atoms with Gasteiger partial charge in [-0.25, -0.2) is 4.98 Å². The molecule has 1 fully saturated rings. The molecule has 0 aliphatic carbocycles. The van der Waals surface area contributed by atoms with Crippen LogP contribution in [0.2, 0.25) is 0 Å². The number of nitrogens with one attached hydrogen (secondary N) is 1. The Morgan fingerprint density at radius 1 is 1.21 bits per heavy atom. The van der Waals surface area contributed by atoms with Crippen molar-refractivity contribution in [2.24, 2.45) is 0 Å². The molecule has 0 saturated carbocycles. The number of morpholine rings is 1. The van der Waals surface area contributed by atoms with Crippen molar-refractivity contribution in [3.05, 3.63) is 54.2 Å². The Balaban J connectivity index is 1.41. The summed E-state index contributed by atoms with van der Waals surface area (Å²) in [6.07, 6.45) is 1.91. The zero-order valence-corrected chi connectivity index (χ0v) is 16.6. The molecule has 1 aliphatic heterocycles. The van der Waals surface area contributed by atoms with Crippen LogP contribution in [0.25, 0.3) is 11.0 Å². The molecule has 0 spiro atoms. The van der Waals surface area contributed by atoms with Crippen LogP contribution in [-0.4, -0.2) is 48.4 Å². The Labute approximate surface area is 170 Å². The molecule has 1 amide bonds. The van der Waals surface area contributed by atoms with E-state index in [0.717, 1.165) is 41.3 Å². The molecule has 7 nitrogen and oxygen atoms in total. The topological polar surface area (TPSA) is 68.6 Å². The second kappa shape index (κ2) is 8.96. The van der Waals surface area contributed by atoms with Crippen molar-refractivity contribution >= 4 is 22.8 Å². The van der Waals surface area contributed by atoms with E-state index >= 15 is 0 Å². The molecule has 4 rings (SSSR count). The Bertz CT molecular complexity index is 979. The SMILES string of the molecule is CCOc1cccc(CNC(=O)Cn2ccc3ccc(N4CCOCC4)nc32)c1. The van der Waals surface area contributed by atoms with Gasteiger partial charge in [0.2, 0.25) is 5.91 Å². The van der Waals surface area contributed by atoms with Gasteiger partial charge in [-0.1, -0.05) is 12.1 Å². The molecule has 7 heteroatoms. The molecule has 2 aromatic heterocycles. The summed E-state index contributed by atoms with van der Waals surface area (Å²) in [5.74, 6) is 1.69. The summed E-state index contributed by atoms with van der Waals surface area (Å²) in [5.41, 5.74) is 1.83. The van der Waals surface area contributed by atoms with Crippen LogP contribution in [0.4, 0.5) is 5.82 Å². The number of ether oxygens (including phenoxy) is 2. The van der Waals surface area contributed by atoms with E-state index in [4.69, 9.17) is 14.5 Å². The normalized spacial score (nSPS) is 14.2. The third-order valence-corrected chi connectivity index (χ3v) is 4.94. The van der Waals surface area contributed by atoms with Crippen LogP contribution in [0.15, 0.2) is 48.7 Å². The van der Waals surface area contributed by atoms with Gasteiger partial charge in [0.15, 0.2) is 0 Å². The lowest BCUT2D eigenvalue weighted by Gasteiger charge is -2.27. The van der Waals surface area contributed by atoms with E-state index in [0.29, 0.717) is 26.4 Å². The minimum absolute atomic E-state index is 0.0529. The number of hydrogen-bond acceptors (Lipinski definition) is 5. The first-order chi connectivity index (χ1) is 14.2. The summed E-state index contributed by atoms with van der Waals surface area (Å²) in [4.78, 5) is 19.5. The van der Waals surface area contributed by atoms with E-state index in [-0.39, 0.29) is 12.5 Å². The number of aromatic nitrogens is 2.